The van der Waals surface area contributed by atoms with Crippen LogP contribution in [0.2, 0.25) is 0 Å². The second kappa shape index (κ2) is 22.1. The summed E-state index contributed by atoms with van der Waals surface area (Å²) in [5, 5.41) is 153. The lowest BCUT2D eigenvalue weighted by Crippen LogP contribution is -2.61. The van der Waals surface area contributed by atoms with E-state index in [1.165, 1.54) is 6.92 Å². The van der Waals surface area contributed by atoms with E-state index < -0.39 is 143 Å². The van der Waals surface area contributed by atoms with Crippen molar-refractivity contribution in [2.45, 2.75) is 132 Å². The van der Waals surface area contributed by atoms with Crippen molar-refractivity contribution in [2.24, 2.45) is 5.92 Å². The van der Waals surface area contributed by atoms with Gasteiger partial charge in [0.05, 0.1) is 51.3 Å². The highest BCUT2D eigenvalue weighted by Crippen LogP contribution is 2.27. The van der Waals surface area contributed by atoms with Crippen LogP contribution in [-0.2, 0) is 18.9 Å². The Hall–Kier alpha value is -0.800. The highest BCUT2D eigenvalue weighted by Gasteiger charge is 2.48. The van der Waals surface area contributed by atoms with E-state index in [9.17, 15) is 56.2 Å². The SMILES string of the molecule is C.CC[C@@H](O)[C@@H](O[C@H]1OC(CO)[C@@H](O)C(O)[C@@H]1O)[C@H](O)[C@@H](O)CO.C[C@@H]([C@H](O[C@@H]1OC(CO)[C@H](O)[C@H](O)C1O)[C@H](O)CO)[C@@H](O)CO. The Bertz CT molecular complexity index is 746. The van der Waals surface area contributed by atoms with Crippen LogP contribution in [0, 0.1) is 5.92 Å². The van der Waals surface area contributed by atoms with Crippen molar-refractivity contribution < 1.29 is 101 Å². The first-order valence-corrected chi connectivity index (χ1v) is 14.7. The molecule has 47 heavy (non-hydrogen) atoms. The third kappa shape index (κ3) is 12.2. The Labute approximate surface area is 271 Å². The van der Waals surface area contributed by atoms with Crippen molar-refractivity contribution in [2.75, 3.05) is 33.0 Å². The topological polar surface area (TPSA) is 361 Å². The monoisotopic (exact) mass is 700 g/mol. The number of rotatable bonds is 16. The Kier molecular flexibility index (Phi) is 21.7. The summed E-state index contributed by atoms with van der Waals surface area (Å²) in [6, 6.07) is 0. The minimum atomic E-state index is -1.71. The Morgan fingerprint density at radius 3 is 1.26 bits per heavy atom. The highest BCUT2D eigenvalue weighted by molar-refractivity contribution is 4.92. The summed E-state index contributed by atoms with van der Waals surface area (Å²) >= 11 is 0. The molecule has 0 amide bonds. The van der Waals surface area contributed by atoms with Gasteiger partial charge >= 0.3 is 0 Å². The van der Waals surface area contributed by atoms with Gasteiger partial charge in [-0.3, -0.25) is 0 Å². The summed E-state index contributed by atoms with van der Waals surface area (Å²) in [5.74, 6) is -0.852. The van der Waals surface area contributed by atoms with E-state index in [2.05, 4.69) is 0 Å². The summed E-state index contributed by atoms with van der Waals surface area (Å²) < 4.78 is 20.9. The lowest BCUT2D eigenvalue weighted by atomic mass is 9.93. The van der Waals surface area contributed by atoms with Gasteiger partial charge in [-0.1, -0.05) is 21.3 Å². The molecule has 18 atom stereocenters. The number of ether oxygens (including phenoxy) is 4. The fraction of sp³-hybridized carbons (Fsp3) is 1.00. The molecule has 284 valence electrons. The van der Waals surface area contributed by atoms with E-state index in [-0.39, 0.29) is 13.8 Å². The lowest BCUT2D eigenvalue weighted by molar-refractivity contribution is -0.326. The average molecular weight is 701 g/mol. The van der Waals surface area contributed by atoms with Gasteiger partial charge in [0.1, 0.15) is 73.2 Å². The van der Waals surface area contributed by atoms with Crippen LogP contribution < -0.4 is 0 Å². The zero-order chi connectivity index (χ0) is 35.5. The van der Waals surface area contributed by atoms with Crippen LogP contribution in [0.5, 0.6) is 0 Å². The average Bonchev–Trinajstić information content (AvgIpc) is 3.07. The first kappa shape index (κ1) is 46.2. The van der Waals surface area contributed by atoms with Crippen LogP contribution in [0.1, 0.15) is 27.7 Å². The van der Waals surface area contributed by atoms with Crippen LogP contribution in [-0.4, -0.2) is 219 Å². The largest absolute Gasteiger partial charge is 0.394 e. The normalized spacial score (nSPS) is 36.4. The minimum Gasteiger partial charge on any atom is -0.394 e. The third-order valence-corrected chi connectivity index (χ3v) is 7.87. The minimum absolute atomic E-state index is 0. The quantitative estimate of drug-likeness (QED) is 0.0710. The van der Waals surface area contributed by atoms with Crippen LogP contribution in [0.15, 0.2) is 0 Å². The van der Waals surface area contributed by atoms with E-state index in [0.717, 1.165) is 0 Å². The molecule has 2 aliphatic heterocycles. The molecule has 20 heteroatoms. The zero-order valence-electron chi connectivity index (χ0n) is 25.4. The Morgan fingerprint density at radius 1 is 0.532 bits per heavy atom. The van der Waals surface area contributed by atoms with Gasteiger partial charge in [0.15, 0.2) is 12.6 Å². The molecular formula is C27H56O20. The van der Waals surface area contributed by atoms with E-state index in [4.69, 9.17) is 44.5 Å². The molecule has 20 nitrogen and oxygen atoms in total. The molecule has 2 saturated heterocycles. The zero-order valence-corrected chi connectivity index (χ0v) is 25.4. The van der Waals surface area contributed by atoms with Gasteiger partial charge in [0.25, 0.3) is 0 Å². The molecule has 4 unspecified atom stereocenters. The summed E-state index contributed by atoms with van der Waals surface area (Å²) in [6.07, 6.45) is -25.2. The van der Waals surface area contributed by atoms with Gasteiger partial charge in [0, 0.05) is 5.92 Å². The molecule has 0 aliphatic carbocycles. The van der Waals surface area contributed by atoms with Gasteiger partial charge in [-0.05, 0) is 6.42 Å². The maximum absolute atomic E-state index is 9.94. The molecule has 2 aliphatic rings. The fourth-order valence-corrected chi connectivity index (χ4v) is 4.68. The molecule has 0 saturated carbocycles. The van der Waals surface area contributed by atoms with Crippen molar-refractivity contribution in [3.63, 3.8) is 0 Å². The van der Waals surface area contributed by atoms with Gasteiger partial charge < -0.3 is 101 Å². The van der Waals surface area contributed by atoms with Gasteiger partial charge in [0.2, 0.25) is 0 Å². The maximum Gasteiger partial charge on any atom is 0.187 e. The van der Waals surface area contributed by atoms with Crippen LogP contribution >= 0.6 is 0 Å². The predicted octanol–water partition coefficient (Wildman–Crippen LogP) is -8.19. The number of aliphatic hydroxyl groups excluding tert-OH is 16. The summed E-state index contributed by atoms with van der Waals surface area (Å²) in [7, 11) is 0. The maximum atomic E-state index is 9.94. The van der Waals surface area contributed by atoms with Crippen molar-refractivity contribution in [1.82, 2.24) is 0 Å². The lowest BCUT2D eigenvalue weighted by Gasteiger charge is -2.42. The molecule has 0 aromatic carbocycles. The Morgan fingerprint density at radius 2 is 0.915 bits per heavy atom. The van der Waals surface area contributed by atoms with Crippen LogP contribution in [0.3, 0.4) is 0 Å². The second-order valence-electron chi connectivity index (χ2n) is 11.2. The smallest absolute Gasteiger partial charge is 0.187 e. The van der Waals surface area contributed by atoms with Crippen LogP contribution in [0.25, 0.3) is 0 Å². The third-order valence-electron chi connectivity index (χ3n) is 7.87. The van der Waals surface area contributed by atoms with E-state index in [1.807, 2.05) is 0 Å². The number of aliphatic hydroxyl groups is 16. The fourth-order valence-electron chi connectivity index (χ4n) is 4.68. The standard InChI is InChI=1S/2C13H26O10.CH4/c1-5(6(17)2-14)12(7(18)3-15)23-13-11(21)10(20)9(19)8(4-16)22-13;1-2-5(16)12(8(18)6(17)3-14)23-13-11(21)10(20)9(19)7(4-15)22-13;/h2*5-21H,2-4H2,1H3;1H4/t5-,6+,7-,8?,9+,10+,11?,12+,13+;5-,6+,7?,8-,9-,10?,11+,12-,13-;/m11./s1. The van der Waals surface area contributed by atoms with E-state index in [1.54, 1.807) is 6.92 Å². The van der Waals surface area contributed by atoms with E-state index in [0.29, 0.717) is 0 Å². The van der Waals surface area contributed by atoms with Gasteiger partial charge in [-0.2, -0.15) is 0 Å². The number of hydrogen-bond donors (Lipinski definition) is 16. The van der Waals surface area contributed by atoms with Crippen molar-refractivity contribution in [1.29, 1.82) is 0 Å². The molecular weight excluding hydrogens is 644 g/mol. The molecule has 0 radical (unpaired) electrons. The molecule has 0 aromatic rings. The molecule has 2 fully saturated rings. The summed E-state index contributed by atoms with van der Waals surface area (Å²) in [5.41, 5.74) is 0. The predicted molar refractivity (Wildman–Crippen MR) is 155 cm³/mol. The first-order chi connectivity index (χ1) is 21.6. The molecule has 0 bridgehead atoms. The van der Waals surface area contributed by atoms with E-state index >= 15 is 0 Å². The molecule has 2 rings (SSSR count). The molecule has 0 spiro atoms. The van der Waals surface area contributed by atoms with Crippen molar-refractivity contribution >= 4 is 0 Å². The van der Waals surface area contributed by atoms with Crippen LogP contribution in [0.4, 0.5) is 0 Å². The summed E-state index contributed by atoms with van der Waals surface area (Å²) in [4.78, 5) is 0. The molecule has 16 N–H and O–H groups in total. The van der Waals surface area contributed by atoms with Crippen molar-refractivity contribution in [3.05, 3.63) is 0 Å². The van der Waals surface area contributed by atoms with Crippen molar-refractivity contribution in [3.8, 4) is 0 Å². The first-order valence-electron chi connectivity index (χ1n) is 14.7. The summed E-state index contributed by atoms with van der Waals surface area (Å²) in [6.45, 7) is -0.411. The van der Waals surface area contributed by atoms with Gasteiger partial charge in [-0.15, -0.1) is 0 Å². The Balaban J connectivity index is 0.000000882. The molecule has 0 aromatic heterocycles. The second-order valence-corrected chi connectivity index (χ2v) is 11.2. The molecule has 2 heterocycles. The highest BCUT2D eigenvalue weighted by atomic mass is 16.7. The van der Waals surface area contributed by atoms with Gasteiger partial charge in [-0.25, -0.2) is 0 Å². The number of hydrogen-bond acceptors (Lipinski definition) is 20.